The first-order chi connectivity index (χ1) is 12.5. The number of hydrogen-bond donors (Lipinski definition) is 2. The van der Waals surface area contributed by atoms with Gasteiger partial charge in [-0.15, -0.1) is 0 Å². The molecule has 134 valence electrons. The third-order valence-electron chi connectivity index (χ3n) is 4.64. The molecule has 0 unspecified atom stereocenters. The Labute approximate surface area is 153 Å². The first-order valence-electron chi connectivity index (χ1n) is 8.72. The standard InChI is InChI=1S/C21H23N3O2/c1-4-24(18-7-8-19-16(12-18)9-10-22-19)20(25)13-23-21(26)17-6-5-14(2)15(3)11-17/h5-12,22H,4,13H2,1-3H3,(H,23,26). The van der Waals surface area contributed by atoms with Gasteiger partial charge in [-0.3, -0.25) is 9.59 Å². The van der Waals surface area contributed by atoms with E-state index >= 15 is 0 Å². The number of carbonyl (C=O) groups excluding carboxylic acids is 2. The fourth-order valence-corrected chi connectivity index (χ4v) is 2.95. The summed E-state index contributed by atoms with van der Waals surface area (Å²) in [6.07, 6.45) is 1.87. The van der Waals surface area contributed by atoms with Gasteiger partial charge in [0.2, 0.25) is 5.91 Å². The Morgan fingerprint density at radius 1 is 1.04 bits per heavy atom. The summed E-state index contributed by atoms with van der Waals surface area (Å²) in [5, 5.41) is 3.77. The number of H-pyrrole nitrogens is 1. The molecule has 0 fully saturated rings. The number of aromatic amines is 1. The number of aryl methyl sites for hydroxylation is 2. The fraction of sp³-hybridized carbons (Fsp3) is 0.238. The van der Waals surface area contributed by atoms with E-state index < -0.39 is 0 Å². The van der Waals surface area contributed by atoms with Crippen LogP contribution in [0.15, 0.2) is 48.7 Å². The molecule has 1 heterocycles. The molecule has 5 heteroatoms. The van der Waals surface area contributed by atoms with Crippen molar-refractivity contribution in [2.45, 2.75) is 20.8 Å². The molecule has 5 nitrogen and oxygen atoms in total. The molecule has 0 spiro atoms. The minimum absolute atomic E-state index is 0.0369. The lowest BCUT2D eigenvalue weighted by molar-refractivity contribution is -0.117. The SMILES string of the molecule is CCN(C(=O)CNC(=O)c1ccc(C)c(C)c1)c1ccc2[nH]ccc2c1. The van der Waals surface area contributed by atoms with Gasteiger partial charge in [-0.1, -0.05) is 6.07 Å². The van der Waals surface area contributed by atoms with E-state index in [1.54, 1.807) is 11.0 Å². The van der Waals surface area contributed by atoms with E-state index in [1.807, 2.05) is 63.4 Å². The van der Waals surface area contributed by atoms with Crippen molar-refractivity contribution in [2.75, 3.05) is 18.0 Å². The number of likely N-dealkylation sites (N-methyl/N-ethyl adjacent to an activating group) is 1. The Morgan fingerprint density at radius 3 is 2.58 bits per heavy atom. The summed E-state index contributed by atoms with van der Waals surface area (Å²) in [5.41, 5.74) is 4.61. The normalized spacial score (nSPS) is 10.7. The van der Waals surface area contributed by atoms with Gasteiger partial charge in [0.05, 0.1) is 6.54 Å². The molecule has 0 aliphatic heterocycles. The second-order valence-corrected chi connectivity index (χ2v) is 6.37. The summed E-state index contributed by atoms with van der Waals surface area (Å²) >= 11 is 0. The van der Waals surface area contributed by atoms with Crippen molar-refractivity contribution >= 4 is 28.4 Å². The molecule has 2 aromatic carbocycles. The molecule has 3 aromatic rings. The van der Waals surface area contributed by atoms with Gasteiger partial charge in [0.1, 0.15) is 0 Å². The zero-order valence-electron chi connectivity index (χ0n) is 15.3. The Bertz CT molecular complexity index is 959. The van der Waals surface area contributed by atoms with Gasteiger partial charge in [-0.25, -0.2) is 0 Å². The number of rotatable bonds is 5. The minimum Gasteiger partial charge on any atom is -0.361 e. The van der Waals surface area contributed by atoms with Crippen molar-refractivity contribution in [3.63, 3.8) is 0 Å². The molecule has 0 saturated carbocycles. The average Bonchev–Trinajstić information content (AvgIpc) is 3.10. The van der Waals surface area contributed by atoms with Gasteiger partial charge in [0.25, 0.3) is 5.91 Å². The van der Waals surface area contributed by atoms with Gasteiger partial charge in [0, 0.05) is 34.9 Å². The van der Waals surface area contributed by atoms with Crippen LogP contribution in [0.3, 0.4) is 0 Å². The highest BCUT2D eigenvalue weighted by molar-refractivity contribution is 6.01. The van der Waals surface area contributed by atoms with E-state index in [4.69, 9.17) is 0 Å². The lowest BCUT2D eigenvalue weighted by Gasteiger charge is -2.21. The minimum atomic E-state index is -0.237. The second kappa shape index (κ2) is 7.44. The molecular formula is C21H23N3O2. The zero-order valence-corrected chi connectivity index (χ0v) is 15.3. The zero-order chi connectivity index (χ0) is 18.7. The summed E-state index contributed by atoms with van der Waals surface area (Å²) in [6, 6.07) is 13.3. The van der Waals surface area contributed by atoms with Crippen molar-refractivity contribution in [2.24, 2.45) is 0 Å². The van der Waals surface area contributed by atoms with Crippen LogP contribution in [-0.4, -0.2) is 29.9 Å². The van der Waals surface area contributed by atoms with Gasteiger partial charge < -0.3 is 15.2 Å². The highest BCUT2D eigenvalue weighted by atomic mass is 16.2. The largest absolute Gasteiger partial charge is 0.361 e. The predicted octanol–water partition coefficient (Wildman–Crippen LogP) is 3.57. The van der Waals surface area contributed by atoms with Crippen LogP contribution in [0.25, 0.3) is 10.9 Å². The van der Waals surface area contributed by atoms with Gasteiger partial charge >= 0.3 is 0 Å². The molecule has 26 heavy (non-hydrogen) atoms. The van der Waals surface area contributed by atoms with Crippen LogP contribution in [-0.2, 0) is 4.79 Å². The van der Waals surface area contributed by atoms with Crippen molar-refractivity contribution in [3.8, 4) is 0 Å². The fourth-order valence-electron chi connectivity index (χ4n) is 2.95. The number of aromatic nitrogens is 1. The van der Waals surface area contributed by atoms with Gasteiger partial charge in [-0.05, 0) is 68.3 Å². The third-order valence-corrected chi connectivity index (χ3v) is 4.64. The van der Waals surface area contributed by atoms with E-state index in [9.17, 15) is 9.59 Å². The average molecular weight is 349 g/mol. The lowest BCUT2D eigenvalue weighted by atomic mass is 10.1. The molecule has 2 N–H and O–H groups in total. The summed E-state index contributed by atoms with van der Waals surface area (Å²) in [6.45, 7) is 6.39. The predicted molar refractivity (Wildman–Crippen MR) is 105 cm³/mol. The molecule has 0 aliphatic carbocycles. The molecule has 0 saturated heterocycles. The van der Waals surface area contributed by atoms with Gasteiger partial charge in [-0.2, -0.15) is 0 Å². The van der Waals surface area contributed by atoms with E-state index in [2.05, 4.69) is 10.3 Å². The third kappa shape index (κ3) is 3.61. The van der Waals surface area contributed by atoms with Crippen LogP contribution in [0.1, 0.15) is 28.4 Å². The summed E-state index contributed by atoms with van der Waals surface area (Å²) in [5.74, 6) is -0.377. The maximum Gasteiger partial charge on any atom is 0.251 e. The first kappa shape index (κ1) is 17.7. The lowest BCUT2D eigenvalue weighted by Crippen LogP contribution is -2.40. The monoisotopic (exact) mass is 349 g/mol. The van der Waals surface area contributed by atoms with Crippen LogP contribution >= 0.6 is 0 Å². The first-order valence-corrected chi connectivity index (χ1v) is 8.72. The Kier molecular flexibility index (Phi) is 5.07. The maximum absolute atomic E-state index is 12.6. The molecule has 0 aliphatic rings. The van der Waals surface area contributed by atoms with Crippen molar-refractivity contribution in [1.29, 1.82) is 0 Å². The maximum atomic E-state index is 12.6. The number of hydrogen-bond acceptors (Lipinski definition) is 2. The molecule has 3 rings (SSSR count). The van der Waals surface area contributed by atoms with Crippen molar-refractivity contribution in [1.82, 2.24) is 10.3 Å². The second-order valence-electron chi connectivity index (χ2n) is 6.37. The number of nitrogens with one attached hydrogen (secondary N) is 2. The number of fused-ring (bicyclic) bond motifs is 1. The molecule has 2 amide bonds. The van der Waals surface area contributed by atoms with E-state index in [0.717, 1.165) is 27.7 Å². The van der Waals surface area contributed by atoms with Crippen molar-refractivity contribution in [3.05, 3.63) is 65.4 Å². The van der Waals surface area contributed by atoms with Crippen LogP contribution in [0.5, 0.6) is 0 Å². The number of nitrogens with zero attached hydrogens (tertiary/aromatic N) is 1. The Balaban J connectivity index is 1.68. The molecule has 0 bridgehead atoms. The van der Waals surface area contributed by atoms with Crippen LogP contribution in [0.2, 0.25) is 0 Å². The highest BCUT2D eigenvalue weighted by Crippen LogP contribution is 2.21. The molecule has 0 radical (unpaired) electrons. The molecule has 0 atom stereocenters. The number of amides is 2. The van der Waals surface area contributed by atoms with Crippen LogP contribution < -0.4 is 10.2 Å². The summed E-state index contributed by atoms with van der Waals surface area (Å²) in [7, 11) is 0. The topological polar surface area (TPSA) is 65.2 Å². The van der Waals surface area contributed by atoms with Gasteiger partial charge in [0.15, 0.2) is 0 Å². The van der Waals surface area contributed by atoms with E-state index in [1.165, 1.54) is 0 Å². The molecule has 1 aromatic heterocycles. The van der Waals surface area contributed by atoms with Crippen LogP contribution in [0.4, 0.5) is 5.69 Å². The summed E-state index contributed by atoms with van der Waals surface area (Å²) < 4.78 is 0. The Hall–Kier alpha value is -3.08. The van der Waals surface area contributed by atoms with E-state index in [0.29, 0.717) is 12.1 Å². The van der Waals surface area contributed by atoms with Crippen molar-refractivity contribution < 1.29 is 9.59 Å². The smallest absolute Gasteiger partial charge is 0.251 e. The number of benzene rings is 2. The molecular weight excluding hydrogens is 326 g/mol. The quantitative estimate of drug-likeness (QED) is 0.739. The van der Waals surface area contributed by atoms with E-state index in [-0.39, 0.29) is 18.4 Å². The van der Waals surface area contributed by atoms with Crippen LogP contribution in [0, 0.1) is 13.8 Å². The Morgan fingerprint density at radius 2 is 1.85 bits per heavy atom. The number of anilines is 1. The highest BCUT2D eigenvalue weighted by Gasteiger charge is 2.16. The summed E-state index contributed by atoms with van der Waals surface area (Å²) in [4.78, 5) is 29.7. The number of carbonyl (C=O) groups is 2.